The first-order chi connectivity index (χ1) is 14.3. The average Bonchev–Trinajstić information content (AvgIpc) is 3.18. The summed E-state index contributed by atoms with van der Waals surface area (Å²) in [6.07, 6.45) is -2.32. The molecule has 0 spiro atoms. The van der Waals surface area contributed by atoms with Crippen molar-refractivity contribution in [3.63, 3.8) is 0 Å². The zero-order valence-electron chi connectivity index (χ0n) is 15.7. The Morgan fingerprint density at radius 2 is 1.87 bits per heavy atom. The van der Waals surface area contributed by atoms with Gasteiger partial charge in [0.25, 0.3) is 0 Å². The third-order valence-corrected chi connectivity index (χ3v) is 4.40. The molecule has 3 rings (SSSR count). The van der Waals surface area contributed by atoms with Gasteiger partial charge in [0.15, 0.2) is 18.3 Å². The average molecular weight is 439 g/mol. The van der Waals surface area contributed by atoms with Crippen LogP contribution in [0.25, 0.3) is 11.3 Å². The van der Waals surface area contributed by atoms with Crippen LogP contribution >= 0.6 is 11.6 Å². The smallest absolute Gasteiger partial charge is 0.422 e. The van der Waals surface area contributed by atoms with Crippen LogP contribution in [0.1, 0.15) is 17.9 Å². The number of hydrogen-bond acceptors (Lipinski definition) is 4. The van der Waals surface area contributed by atoms with Crippen molar-refractivity contribution in [3.05, 3.63) is 71.2 Å². The number of aromatic nitrogens is 1. The zero-order chi connectivity index (χ0) is 21.6. The van der Waals surface area contributed by atoms with E-state index in [1.165, 1.54) is 12.1 Å². The summed E-state index contributed by atoms with van der Waals surface area (Å²) < 4.78 is 46.7. The third-order valence-electron chi connectivity index (χ3n) is 4.07. The Bertz CT molecular complexity index is 988. The molecule has 0 atom stereocenters. The topological polar surface area (TPSA) is 64.4 Å². The highest BCUT2D eigenvalue weighted by Gasteiger charge is 2.28. The fraction of sp³-hybridized carbons (Fsp3) is 0.238. The maximum absolute atomic E-state index is 12.1. The lowest BCUT2D eigenvalue weighted by Gasteiger charge is -2.10. The number of benzene rings is 2. The van der Waals surface area contributed by atoms with Gasteiger partial charge in [0.2, 0.25) is 5.91 Å². The van der Waals surface area contributed by atoms with Gasteiger partial charge in [0.05, 0.1) is 11.2 Å². The summed E-state index contributed by atoms with van der Waals surface area (Å²) in [7, 11) is 0. The molecule has 0 unspecified atom stereocenters. The minimum absolute atomic E-state index is 0.112. The fourth-order valence-corrected chi connectivity index (χ4v) is 2.82. The first kappa shape index (κ1) is 21.7. The fourth-order valence-electron chi connectivity index (χ4n) is 2.59. The molecule has 0 saturated heterocycles. The van der Waals surface area contributed by atoms with Crippen LogP contribution in [0.15, 0.2) is 59.1 Å². The summed E-state index contributed by atoms with van der Waals surface area (Å²) in [5, 5.41) is 3.29. The number of nitrogens with zero attached hydrogens (tertiary/aromatic N) is 1. The van der Waals surface area contributed by atoms with Gasteiger partial charge >= 0.3 is 6.18 Å². The van der Waals surface area contributed by atoms with Gasteiger partial charge in [0, 0.05) is 24.9 Å². The minimum atomic E-state index is -4.39. The molecule has 0 aliphatic heterocycles. The standard InChI is InChI=1S/C21H18ClF3N2O3/c22-17-4-2-1-3-16(17)18-12-27-20(30-18)10-9-19(28)26-11-14-5-7-15(8-6-14)29-13-21(23,24)25/h1-8,12H,9-11,13H2,(H,26,28). The Kier molecular flexibility index (Phi) is 6.99. The van der Waals surface area contributed by atoms with Crippen molar-refractivity contribution < 1.29 is 27.1 Å². The van der Waals surface area contributed by atoms with Crippen LogP contribution in [0.5, 0.6) is 5.75 Å². The molecule has 1 heterocycles. The van der Waals surface area contributed by atoms with Crippen LogP contribution in [0.4, 0.5) is 13.2 Å². The van der Waals surface area contributed by atoms with Crippen LogP contribution in [-0.4, -0.2) is 23.7 Å². The van der Waals surface area contributed by atoms with Crippen molar-refractivity contribution in [3.8, 4) is 17.1 Å². The number of halogens is 4. The summed E-state index contributed by atoms with van der Waals surface area (Å²) in [5.74, 6) is 0.862. The third kappa shape index (κ3) is 6.52. The maximum Gasteiger partial charge on any atom is 0.422 e. The number of aryl methyl sites for hydroxylation is 1. The van der Waals surface area contributed by atoms with Gasteiger partial charge in [0.1, 0.15) is 5.75 Å². The molecule has 1 aromatic heterocycles. The van der Waals surface area contributed by atoms with E-state index in [4.69, 9.17) is 16.0 Å². The molecule has 1 amide bonds. The van der Waals surface area contributed by atoms with E-state index in [1.54, 1.807) is 24.4 Å². The van der Waals surface area contributed by atoms with E-state index in [9.17, 15) is 18.0 Å². The lowest BCUT2D eigenvalue weighted by molar-refractivity contribution is -0.153. The predicted molar refractivity (Wildman–Crippen MR) is 105 cm³/mol. The van der Waals surface area contributed by atoms with E-state index in [2.05, 4.69) is 15.0 Å². The Hall–Kier alpha value is -3.00. The van der Waals surface area contributed by atoms with Crippen molar-refractivity contribution in [1.82, 2.24) is 10.3 Å². The van der Waals surface area contributed by atoms with Gasteiger partial charge in [-0.3, -0.25) is 4.79 Å². The number of ether oxygens (including phenoxy) is 1. The van der Waals surface area contributed by atoms with Gasteiger partial charge in [-0.1, -0.05) is 35.9 Å². The molecule has 5 nitrogen and oxygen atoms in total. The molecule has 2 aromatic carbocycles. The van der Waals surface area contributed by atoms with Crippen LogP contribution in [0.2, 0.25) is 5.02 Å². The second-order valence-corrected chi connectivity index (χ2v) is 6.83. The molecule has 158 valence electrons. The highest BCUT2D eigenvalue weighted by Crippen LogP contribution is 2.28. The Labute approximate surface area is 175 Å². The quantitative estimate of drug-likeness (QED) is 0.526. The Morgan fingerprint density at radius 3 is 2.57 bits per heavy atom. The van der Waals surface area contributed by atoms with Gasteiger partial charge in [-0.25, -0.2) is 4.98 Å². The molecule has 3 aromatic rings. The van der Waals surface area contributed by atoms with Crippen molar-refractivity contribution >= 4 is 17.5 Å². The van der Waals surface area contributed by atoms with E-state index in [0.29, 0.717) is 23.1 Å². The van der Waals surface area contributed by atoms with E-state index in [0.717, 1.165) is 11.1 Å². The van der Waals surface area contributed by atoms with Gasteiger partial charge < -0.3 is 14.5 Å². The van der Waals surface area contributed by atoms with E-state index in [-0.39, 0.29) is 24.6 Å². The van der Waals surface area contributed by atoms with E-state index < -0.39 is 12.8 Å². The lowest BCUT2D eigenvalue weighted by atomic mass is 10.2. The number of hydrogen-bond donors (Lipinski definition) is 1. The molecule has 0 radical (unpaired) electrons. The van der Waals surface area contributed by atoms with Crippen molar-refractivity contribution in [2.45, 2.75) is 25.6 Å². The van der Waals surface area contributed by atoms with Crippen molar-refractivity contribution in [2.75, 3.05) is 6.61 Å². The summed E-state index contributed by atoms with van der Waals surface area (Å²) in [4.78, 5) is 16.2. The molecule has 0 fully saturated rings. The number of rotatable bonds is 8. The maximum atomic E-state index is 12.1. The molecule has 1 N–H and O–H groups in total. The summed E-state index contributed by atoms with van der Waals surface area (Å²) in [6, 6.07) is 13.3. The van der Waals surface area contributed by atoms with Crippen LogP contribution < -0.4 is 10.1 Å². The molecular weight excluding hydrogens is 421 g/mol. The highest BCUT2D eigenvalue weighted by atomic mass is 35.5. The largest absolute Gasteiger partial charge is 0.484 e. The molecule has 0 bridgehead atoms. The molecule has 30 heavy (non-hydrogen) atoms. The van der Waals surface area contributed by atoms with Gasteiger partial charge in [-0.05, 0) is 29.8 Å². The summed E-state index contributed by atoms with van der Waals surface area (Å²) in [5.41, 5.74) is 1.46. The second-order valence-electron chi connectivity index (χ2n) is 6.42. The number of carbonyl (C=O) groups excluding carboxylic acids is 1. The van der Waals surface area contributed by atoms with Crippen molar-refractivity contribution in [2.24, 2.45) is 0 Å². The predicted octanol–water partition coefficient (Wildman–Crippen LogP) is 5.19. The Morgan fingerprint density at radius 1 is 1.13 bits per heavy atom. The molecular formula is C21H18ClF3N2O3. The van der Waals surface area contributed by atoms with Gasteiger partial charge in [-0.15, -0.1) is 0 Å². The first-order valence-electron chi connectivity index (χ1n) is 9.05. The van der Waals surface area contributed by atoms with Crippen LogP contribution in [-0.2, 0) is 17.8 Å². The zero-order valence-corrected chi connectivity index (χ0v) is 16.5. The molecule has 0 saturated carbocycles. The SMILES string of the molecule is O=C(CCc1ncc(-c2ccccc2Cl)o1)NCc1ccc(OCC(F)(F)F)cc1. The van der Waals surface area contributed by atoms with E-state index >= 15 is 0 Å². The normalized spacial score (nSPS) is 11.3. The number of alkyl halides is 3. The Balaban J connectivity index is 1.44. The summed E-state index contributed by atoms with van der Waals surface area (Å²) >= 11 is 6.13. The molecule has 0 aliphatic carbocycles. The van der Waals surface area contributed by atoms with E-state index in [1.807, 2.05) is 18.2 Å². The van der Waals surface area contributed by atoms with Gasteiger partial charge in [-0.2, -0.15) is 13.2 Å². The number of amides is 1. The highest BCUT2D eigenvalue weighted by molar-refractivity contribution is 6.33. The monoisotopic (exact) mass is 438 g/mol. The van der Waals surface area contributed by atoms with Crippen LogP contribution in [0.3, 0.4) is 0 Å². The number of carbonyl (C=O) groups is 1. The second kappa shape index (κ2) is 9.67. The lowest BCUT2D eigenvalue weighted by Crippen LogP contribution is -2.23. The minimum Gasteiger partial charge on any atom is -0.484 e. The van der Waals surface area contributed by atoms with Crippen LogP contribution in [0, 0.1) is 0 Å². The number of oxazole rings is 1. The molecule has 0 aliphatic rings. The first-order valence-corrected chi connectivity index (χ1v) is 9.43. The summed E-state index contributed by atoms with van der Waals surface area (Å²) in [6.45, 7) is -1.10. The number of nitrogens with one attached hydrogen (secondary N) is 1. The molecule has 9 heteroatoms. The van der Waals surface area contributed by atoms with Crippen molar-refractivity contribution in [1.29, 1.82) is 0 Å².